The van der Waals surface area contributed by atoms with Gasteiger partial charge in [0.1, 0.15) is 0 Å². The zero-order valence-electron chi connectivity index (χ0n) is 9.02. The van der Waals surface area contributed by atoms with Crippen molar-refractivity contribution in [3.63, 3.8) is 0 Å². The highest BCUT2D eigenvalue weighted by molar-refractivity contribution is 5.78. The second-order valence-electron chi connectivity index (χ2n) is 3.82. The topological polar surface area (TPSA) is 95.9 Å². The Bertz CT molecular complexity index is 250. The predicted octanol–water partition coefficient (Wildman–Crippen LogP) is -0.635. The maximum absolute atomic E-state index is 11.6. The van der Waals surface area contributed by atoms with Gasteiger partial charge >= 0.3 is 5.97 Å². The number of carboxylic acids is 1. The highest BCUT2D eigenvalue weighted by Gasteiger charge is 2.21. The number of nitrogens with one attached hydrogen (secondary N) is 1. The molecule has 0 aliphatic carbocycles. The zero-order chi connectivity index (χ0) is 12.0. The summed E-state index contributed by atoms with van der Waals surface area (Å²) in [6, 6.07) is 0. The molecule has 1 atom stereocenters. The van der Waals surface area contributed by atoms with Gasteiger partial charge in [0.05, 0.1) is 0 Å². The van der Waals surface area contributed by atoms with E-state index >= 15 is 0 Å². The standard InChI is InChI=1S/C10H17NO5/c12-8(10(14)15)1-4-11-9(13)7-2-5-16-6-3-7/h7-8,12H,1-6H2,(H,11,13)(H,14,15)/t8-/m0/s1. The Labute approximate surface area is 93.6 Å². The van der Waals surface area contributed by atoms with Crippen molar-refractivity contribution in [2.24, 2.45) is 5.92 Å². The lowest BCUT2D eigenvalue weighted by Gasteiger charge is -2.21. The fraction of sp³-hybridized carbons (Fsp3) is 0.800. The predicted molar refractivity (Wildman–Crippen MR) is 54.8 cm³/mol. The van der Waals surface area contributed by atoms with Crippen molar-refractivity contribution in [2.75, 3.05) is 19.8 Å². The molecule has 1 fully saturated rings. The third-order valence-corrected chi connectivity index (χ3v) is 2.59. The molecule has 0 aromatic heterocycles. The quantitative estimate of drug-likeness (QED) is 0.585. The van der Waals surface area contributed by atoms with Gasteiger partial charge in [0.25, 0.3) is 0 Å². The van der Waals surface area contributed by atoms with Crippen molar-refractivity contribution in [1.82, 2.24) is 5.32 Å². The fourth-order valence-corrected chi connectivity index (χ4v) is 1.56. The van der Waals surface area contributed by atoms with Crippen LogP contribution in [0.4, 0.5) is 0 Å². The molecular formula is C10H17NO5. The molecule has 3 N–H and O–H groups in total. The van der Waals surface area contributed by atoms with E-state index in [1.54, 1.807) is 0 Å². The number of hydrogen-bond acceptors (Lipinski definition) is 4. The van der Waals surface area contributed by atoms with E-state index in [-0.39, 0.29) is 24.8 Å². The van der Waals surface area contributed by atoms with Gasteiger partial charge in [-0.2, -0.15) is 0 Å². The Hall–Kier alpha value is -1.14. The molecule has 0 aromatic carbocycles. The van der Waals surface area contributed by atoms with Crippen LogP contribution in [0.2, 0.25) is 0 Å². The molecule has 92 valence electrons. The van der Waals surface area contributed by atoms with Crippen molar-refractivity contribution in [3.05, 3.63) is 0 Å². The summed E-state index contributed by atoms with van der Waals surface area (Å²) < 4.78 is 5.13. The molecule has 1 amide bonds. The third-order valence-electron chi connectivity index (χ3n) is 2.59. The number of aliphatic hydroxyl groups excluding tert-OH is 1. The van der Waals surface area contributed by atoms with E-state index in [1.807, 2.05) is 0 Å². The smallest absolute Gasteiger partial charge is 0.332 e. The highest BCUT2D eigenvalue weighted by atomic mass is 16.5. The van der Waals surface area contributed by atoms with Crippen LogP contribution in [0, 0.1) is 5.92 Å². The summed E-state index contributed by atoms with van der Waals surface area (Å²) in [6.07, 6.45) is 0.0280. The minimum Gasteiger partial charge on any atom is -0.479 e. The van der Waals surface area contributed by atoms with Crippen molar-refractivity contribution >= 4 is 11.9 Å². The molecule has 1 aliphatic heterocycles. The first kappa shape index (κ1) is 12.9. The van der Waals surface area contributed by atoms with Gasteiger partial charge in [-0.25, -0.2) is 4.79 Å². The summed E-state index contributed by atoms with van der Waals surface area (Å²) in [5.74, 6) is -1.39. The van der Waals surface area contributed by atoms with Crippen LogP contribution in [0.5, 0.6) is 0 Å². The van der Waals surface area contributed by atoms with Crippen molar-refractivity contribution in [2.45, 2.75) is 25.4 Å². The Morgan fingerprint density at radius 1 is 1.38 bits per heavy atom. The number of rotatable bonds is 5. The number of aliphatic hydroxyl groups is 1. The molecule has 1 saturated heterocycles. The van der Waals surface area contributed by atoms with Crippen LogP contribution in [-0.4, -0.2) is 48.0 Å². The summed E-state index contributed by atoms with van der Waals surface area (Å²) in [5, 5.41) is 20.0. The second kappa shape index (κ2) is 6.44. The minimum absolute atomic E-state index is 0.0320. The fourth-order valence-electron chi connectivity index (χ4n) is 1.56. The van der Waals surface area contributed by atoms with Crippen LogP contribution >= 0.6 is 0 Å². The summed E-state index contributed by atoms with van der Waals surface area (Å²) in [6.45, 7) is 1.37. The first-order valence-corrected chi connectivity index (χ1v) is 5.37. The maximum Gasteiger partial charge on any atom is 0.332 e. The number of carbonyl (C=O) groups is 2. The molecule has 6 heteroatoms. The molecule has 0 saturated carbocycles. The number of hydrogen-bond donors (Lipinski definition) is 3. The van der Waals surface area contributed by atoms with Gasteiger partial charge in [0, 0.05) is 32.1 Å². The van der Waals surface area contributed by atoms with Crippen LogP contribution in [0.15, 0.2) is 0 Å². The van der Waals surface area contributed by atoms with Gasteiger partial charge in [0.15, 0.2) is 6.10 Å². The first-order valence-electron chi connectivity index (χ1n) is 5.37. The lowest BCUT2D eigenvalue weighted by molar-refractivity contribution is -0.147. The van der Waals surface area contributed by atoms with E-state index in [0.717, 1.165) is 0 Å². The first-order chi connectivity index (χ1) is 7.61. The van der Waals surface area contributed by atoms with Crippen LogP contribution in [0.1, 0.15) is 19.3 Å². The van der Waals surface area contributed by atoms with Gasteiger partial charge in [-0.15, -0.1) is 0 Å². The summed E-state index contributed by atoms with van der Waals surface area (Å²) in [5.41, 5.74) is 0. The molecule has 0 aromatic rings. The molecular weight excluding hydrogens is 214 g/mol. The minimum atomic E-state index is -1.41. The molecule has 1 heterocycles. The third kappa shape index (κ3) is 4.16. The lowest BCUT2D eigenvalue weighted by Crippen LogP contribution is -2.36. The SMILES string of the molecule is O=C(NCC[C@H](O)C(=O)O)C1CCOCC1. The number of aliphatic carboxylic acids is 1. The second-order valence-corrected chi connectivity index (χ2v) is 3.82. The summed E-state index contributed by atoms with van der Waals surface area (Å²) in [7, 11) is 0. The van der Waals surface area contributed by atoms with Gasteiger partial charge in [-0.1, -0.05) is 0 Å². The average molecular weight is 231 g/mol. The molecule has 0 radical (unpaired) electrons. The van der Waals surface area contributed by atoms with Gasteiger partial charge < -0.3 is 20.3 Å². The van der Waals surface area contributed by atoms with Crippen LogP contribution in [0.3, 0.4) is 0 Å². The van der Waals surface area contributed by atoms with Gasteiger partial charge in [-0.3, -0.25) is 4.79 Å². The monoisotopic (exact) mass is 231 g/mol. The van der Waals surface area contributed by atoms with E-state index in [9.17, 15) is 9.59 Å². The molecule has 0 bridgehead atoms. The van der Waals surface area contributed by atoms with Crippen molar-refractivity contribution in [1.29, 1.82) is 0 Å². The summed E-state index contributed by atoms with van der Waals surface area (Å²) in [4.78, 5) is 21.9. The largest absolute Gasteiger partial charge is 0.479 e. The van der Waals surface area contributed by atoms with Crippen LogP contribution in [0.25, 0.3) is 0 Å². The van der Waals surface area contributed by atoms with Gasteiger partial charge in [-0.05, 0) is 12.8 Å². The maximum atomic E-state index is 11.6. The van der Waals surface area contributed by atoms with E-state index in [2.05, 4.69) is 5.32 Å². The van der Waals surface area contributed by atoms with Crippen LogP contribution < -0.4 is 5.32 Å². The Morgan fingerprint density at radius 3 is 2.56 bits per heavy atom. The van der Waals surface area contributed by atoms with E-state index in [4.69, 9.17) is 14.9 Å². The lowest BCUT2D eigenvalue weighted by atomic mass is 9.99. The number of amides is 1. The van der Waals surface area contributed by atoms with Crippen molar-refractivity contribution in [3.8, 4) is 0 Å². The molecule has 1 aliphatic rings. The highest BCUT2D eigenvalue weighted by Crippen LogP contribution is 2.14. The molecule has 16 heavy (non-hydrogen) atoms. The normalized spacial score (nSPS) is 19.1. The average Bonchev–Trinajstić information content (AvgIpc) is 2.29. The molecule has 1 rings (SSSR count). The van der Waals surface area contributed by atoms with Crippen molar-refractivity contribution < 1.29 is 24.5 Å². The van der Waals surface area contributed by atoms with Gasteiger partial charge in [0.2, 0.25) is 5.91 Å². The van der Waals surface area contributed by atoms with E-state index in [1.165, 1.54) is 0 Å². The van der Waals surface area contributed by atoms with E-state index in [0.29, 0.717) is 26.1 Å². The Morgan fingerprint density at radius 2 is 2.00 bits per heavy atom. The number of carbonyl (C=O) groups excluding carboxylic acids is 1. The van der Waals surface area contributed by atoms with E-state index < -0.39 is 12.1 Å². The van der Waals surface area contributed by atoms with Crippen LogP contribution in [-0.2, 0) is 14.3 Å². The summed E-state index contributed by atoms with van der Waals surface area (Å²) >= 11 is 0. The number of carboxylic acid groups (broad SMARTS) is 1. The molecule has 0 unspecified atom stereocenters. The molecule has 0 spiro atoms. The zero-order valence-corrected chi connectivity index (χ0v) is 9.02. The molecule has 6 nitrogen and oxygen atoms in total. The number of ether oxygens (including phenoxy) is 1. The Kier molecular flexibility index (Phi) is 5.21. The Balaban J connectivity index is 2.16.